The Morgan fingerprint density at radius 3 is 2.95 bits per heavy atom. The normalized spacial score (nSPS) is 12.9. The number of nitrogens with zero attached hydrogens (tertiary/aromatic N) is 2. The van der Waals surface area contributed by atoms with Gasteiger partial charge < -0.3 is 14.0 Å². The lowest BCUT2D eigenvalue weighted by Crippen LogP contribution is -2.08. The summed E-state index contributed by atoms with van der Waals surface area (Å²) < 4.78 is 10.8. The first-order valence-corrected chi connectivity index (χ1v) is 6.26. The van der Waals surface area contributed by atoms with Crippen molar-refractivity contribution in [2.75, 3.05) is 0 Å². The molecule has 3 rings (SSSR count). The van der Waals surface area contributed by atoms with Gasteiger partial charge in [-0.1, -0.05) is 30.3 Å². The van der Waals surface area contributed by atoms with Gasteiger partial charge in [-0.05, 0) is 18.6 Å². The molecule has 0 spiro atoms. The number of hydrogen-bond donors (Lipinski definition) is 1. The van der Waals surface area contributed by atoms with Crippen molar-refractivity contribution in [2.24, 2.45) is 0 Å². The Hall–Kier alpha value is -2.14. The molecule has 1 N–H and O–H groups in total. The summed E-state index contributed by atoms with van der Waals surface area (Å²) in [5.41, 5.74) is 0.789. The molecular weight excluding hydrogens is 244 g/mol. The van der Waals surface area contributed by atoms with Crippen LogP contribution in [0.4, 0.5) is 0 Å². The highest BCUT2D eigenvalue weighted by molar-refractivity contribution is 5.81. The van der Waals surface area contributed by atoms with Crippen molar-refractivity contribution in [3.8, 4) is 11.6 Å². The van der Waals surface area contributed by atoms with Gasteiger partial charge in [-0.2, -0.15) is 4.98 Å². The van der Waals surface area contributed by atoms with E-state index in [0.29, 0.717) is 30.3 Å². The fourth-order valence-electron chi connectivity index (χ4n) is 1.88. The van der Waals surface area contributed by atoms with Crippen LogP contribution in [0.15, 0.2) is 39.3 Å². The van der Waals surface area contributed by atoms with Crippen LogP contribution in [0.5, 0.6) is 0 Å². The molecule has 5 nitrogen and oxygen atoms in total. The molecule has 2 aromatic heterocycles. The van der Waals surface area contributed by atoms with Gasteiger partial charge in [-0.25, -0.2) is 0 Å². The van der Waals surface area contributed by atoms with Crippen molar-refractivity contribution in [3.63, 3.8) is 0 Å². The number of hydrogen-bond acceptors (Lipinski definition) is 5. The number of para-hydroxylation sites is 1. The largest absolute Gasteiger partial charge is 0.453 e. The maximum absolute atomic E-state index is 9.55. The lowest BCUT2D eigenvalue weighted by molar-refractivity contribution is 0.158. The molecule has 0 aliphatic heterocycles. The van der Waals surface area contributed by atoms with Crippen LogP contribution in [0.3, 0.4) is 0 Å². The Kier molecular flexibility index (Phi) is 3.05. The summed E-state index contributed by atoms with van der Waals surface area (Å²) in [6, 6.07) is 9.58. The second-order valence-electron chi connectivity index (χ2n) is 4.43. The van der Waals surface area contributed by atoms with E-state index in [1.54, 1.807) is 0 Å². The summed E-state index contributed by atoms with van der Waals surface area (Å²) >= 11 is 0. The first-order valence-electron chi connectivity index (χ1n) is 6.26. The minimum atomic E-state index is -0.455. The van der Waals surface area contributed by atoms with Crippen LogP contribution in [0, 0.1) is 0 Å². The standard InChI is InChI=1S/C14H14N2O3/c1-2-10(17)8-13-15-14(16-19-13)12-7-9-5-3-4-6-11(9)18-12/h3-7,10,17H,2,8H2,1H3. The van der Waals surface area contributed by atoms with Gasteiger partial charge in [0.25, 0.3) is 0 Å². The highest BCUT2D eigenvalue weighted by atomic mass is 16.5. The Bertz CT molecular complexity index is 654. The number of aliphatic hydroxyl groups is 1. The maximum Gasteiger partial charge on any atom is 0.238 e. The average molecular weight is 258 g/mol. The summed E-state index contributed by atoms with van der Waals surface area (Å²) in [5, 5.41) is 14.4. The predicted octanol–water partition coefficient (Wildman–Crippen LogP) is 2.80. The highest BCUT2D eigenvalue weighted by Crippen LogP contribution is 2.25. The van der Waals surface area contributed by atoms with E-state index in [9.17, 15) is 5.11 Å². The number of aliphatic hydroxyl groups excluding tert-OH is 1. The molecule has 0 fully saturated rings. The van der Waals surface area contributed by atoms with Gasteiger partial charge in [-0.15, -0.1) is 0 Å². The van der Waals surface area contributed by atoms with Gasteiger partial charge in [-0.3, -0.25) is 0 Å². The zero-order chi connectivity index (χ0) is 13.2. The van der Waals surface area contributed by atoms with Gasteiger partial charge in [0.15, 0.2) is 5.76 Å². The van der Waals surface area contributed by atoms with Crippen LogP contribution in [-0.2, 0) is 6.42 Å². The van der Waals surface area contributed by atoms with Crippen molar-refractivity contribution in [2.45, 2.75) is 25.9 Å². The Morgan fingerprint density at radius 2 is 2.16 bits per heavy atom. The Morgan fingerprint density at radius 1 is 1.32 bits per heavy atom. The highest BCUT2D eigenvalue weighted by Gasteiger charge is 2.15. The van der Waals surface area contributed by atoms with Crippen LogP contribution in [0.1, 0.15) is 19.2 Å². The quantitative estimate of drug-likeness (QED) is 0.779. The maximum atomic E-state index is 9.55. The molecule has 1 atom stereocenters. The molecule has 2 heterocycles. The van der Waals surface area contributed by atoms with E-state index >= 15 is 0 Å². The van der Waals surface area contributed by atoms with Crippen molar-refractivity contribution in [1.82, 2.24) is 10.1 Å². The number of rotatable bonds is 4. The Balaban J connectivity index is 1.89. The minimum absolute atomic E-state index is 0.365. The topological polar surface area (TPSA) is 72.3 Å². The van der Waals surface area contributed by atoms with Gasteiger partial charge in [0, 0.05) is 5.39 Å². The number of benzene rings is 1. The zero-order valence-corrected chi connectivity index (χ0v) is 10.5. The predicted molar refractivity (Wildman–Crippen MR) is 69.5 cm³/mol. The summed E-state index contributed by atoms with van der Waals surface area (Å²) in [6.45, 7) is 1.90. The number of fused-ring (bicyclic) bond motifs is 1. The molecule has 0 aliphatic carbocycles. The summed E-state index contributed by atoms with van der Waals surface area (Å²) in [4.78, 5) is 4.23. The van der Waals surface area contributed by atoms with E-state index in [1.807, 2.05) is 37.3 Å². The monoisotopic (exact) mass is 258 g/mol. The zero-order valence-electron chi connectivity index (χ0n) is 10.5. The van der Waals surface area contributed by atoms with E-state index in [0.717, 1.165) is 11.0 Å². The summed E-state index contributed by atoms with van der Waals surface area (Å²) in [6.07, 6.45) is 0.565. The fraction of sp³-hybridized carbons (Fsp3) is 0.286. The first kappa shape index (κ1) is 11.9. The molecule has 5 heteroatoms. The van der Waals surface area contributed by atoms with Crippen LogP contribution in [0.25, 0.3) is 22.6 Å². The van der Waals surface area contributed by atoms with Crippen molar-refractivity contribution >= 4 is 11.0 Å². The van der Waals surface area contributed by atoms with E-state index in [1.165, 1.54) is 0 Å². The second-order valence-corrected chi connectivity index (χ2v) is 4.43. The minimum Gasteiger partial charge on any atom is -0.453 e. The average Bonchev–Trinajstić information content (AvgIpc) is 3.04. The Labute approximate surface area is 109 Å². The molecule has 98 valence electrons. The van der Waals surface area contributed by atoms with Gasteiger partial charge in [0.2, 0.25) is 11.7 Å². The number of aromatic nitrogens is 2. The van der Waals surface area contributed by atoms with Crippen molar-refractivity contribution < 1.29 is 14.0 Å². The van der Waals surface area contributed by atoms with E-state index in [4.69, 9.17) is 8.94 Å². The summed E-state index contributed by atoms with van der Waals surface area (Å²) in [5.74, 6) is 1.40. The van der Waals surface area contributed by atoms with E-state index in [-0.39, 0.29) is 0 Å². The lowest BCUT2D eigenvalue weighted by atomic mass is 10.2. The molecule has 1 unspecified atom stereocenters. The summed E-state index contributed by atoms with van der Waals surface area (Å²) in [7, 11) is 0. The molecule has 1 aromatic carbocycles. The van der Waals surface area contributed by atoms with Crippen molar-refractivity contribution in [1.29, 1.82) is 0 Å². The smallest absolute Gasteiger partial charge is 0.238 e. The first-order chi connectivity index (χ1) is 9.26. The molecule has 3 aromatic rings. The van der Waals surface area contributed by atoms with Gasteiger partial charge >= 0.3 is 0 Å². The number of furan rings is 1. The third-order valence-corrected chi connectivity index (χ3v) is 3.00. The van der Waals surface area contributed by atoms with Crippen LogP contribution < -0.4 is 0 Å². The third kappa shape index (κ3) is 2.37. The lowest BCUT2D eigenvalue weighted by Gasteiger charge is -2.01. The van der Waals surface area contributed by atoms with Gasteiger partial charge in [0.1, 0.15) is 5.58 Å². The van der Waals surface area contributed by atoms with Crippen LogP contribution >= 0.6 is 0 Å². The van der Waals surface area contributed by atoms with E-state index < -0.39 is 6.10 Å². The molecule has 0 saturated heterocycles. The molecular formula is C14H14N2O3. The third-order valence-electron chi connectivity index (χ3n) is 3.00. The molecule has 19 heavy (non-hydrogen) atoms. The van der Waals surface area contributed by atoms with Gasteiger partial charge in [0.05, 0.1) is 12.5 Å². The van der Waals surface area contributed by atoms with Crippen molar-refractivity contribution in [3.05, 3.63) is 36.2 Å². The fourth-order valence-corrected chi connectivity index (χ4v) is 1.88. The molecule has 0 bridgehead atoms. The molecule has 0 amide bonds. The second kappa shape index (κ2) is 4.85. The SMILES string of the molecule is CCC(O)Cc1nc(-c2cc3ccccc3o2)no1. The molecule has 0 radical (unpaired) electrons. The van der Waals surface area contributed by atoms with Crippen LogP contribution in [-0.4, -0.2) is 21.4 Å². The van der Waals surface area contributed by atoms with Crippen LogP contribution in [0.2, 0.25) is 0 Å². The molecule has 0 aliphatic rings. The van der Waals surface area contributed by atoms with E-state index in [2.05, 4.69) is 10.1 Å². The molecule has 0 saturated carbocycles.